The van der Waals surface area contributed by atoms with Gasteiger partial charge in [-0.3, -0.25) is 4.79 Å². The summed E-state index contributed by atoms with van der Waals surface area (Å²) in [6.07, 6.45) is 3.93. The Morgan fingerprint density at radius 3 is 2.41 bits per heavy atom. The SMILES string of the molecule is C[C@H]1CCCN(c2ccc(CNC(=O)[C@H]3CCCN(S(=O)(=O)c4ccccc4)C3)cc2)C1. The minimum Gasteiger partial charge on any atom is -0.371 e. The number of nitrogens with zero attached hydrogens (tertiary/aromatic N) is 2. The van der Waals surface area contributed by atoms with E-state index in [-0.39, 0.29) is 23.3 Å². The second kappa shape index (κ2) is 10.0. The summed E-state index contributed by atoms with van der Waals surface area (Å²) < 4.78 is 27.3. The van der Waals surface area contributed by atoms with E-state index in [9.17, 15) is 13.2 Å². The molecular weight excluding hydrogens is 422 g/mol. The Bertz CT molecular complexity index is 1010. The highest BCUT2D eigenvalue weighted by atomic mass is 32.2. The van der Waals surface area contributed by atoms with E-state index in [1.54, 1.807) is 30.3 Å². The first kappa shape index (κ1) is 22.8. The quantitative estimate of drug-likeness (QED) is 0.722. The van der Waals surface area contributed by atoms with Crippen LogP contribution in [-0.2, 0) is 21.4 Å². The minimum absolute atomic E-state index is 0.0770. The Kier molecular flexibility index (Phi) is 7.16. The van der Waals surface area contributed by atoms with Crippen LogP contribution in [0, 0.1) is 11.8 Å². The molecule has 0 radical (unpaired) electrons. The number of benzene rings is 2. The molecule has 0 aliphatic carbocycles. The Hall–Kier alpha value is -2.38. The van der Waals surface area contributed by atoms with Crippen LogP contribution in [0.3, 0.4) is 0 Å². The van der Waals surface area contributed by atoms with Gasteiger partial charge in [-0.25, -0.2) is 8.42 Å². The number of nitrogens with one attached hydrogen (secondary N) is 1. The zero-order valence-electron chi connectivity index (χ0n) is 18.7. The molecule has 0 bridgehead atoms. The van der Waals surface area contributed by atoms with Crippen LogP contribution in [0.25, 0.3) is 0 Å². The number of carbonyl (C=O) groups is 1. The van der Waals surface area contributed by atoms with Gasteiger partial charge in [0.05, 0.1) is 10.8 Å². The summed E-state index contributed by atoms with van der Waals surface area (Å²) in [5.74, 6) is 0.326. The van der Waals surface area contributed by atoms with E-state index in [1.807, 2.05) is 0 Å². The second-order valence-corrected chi connectivity index (χ2v) is 11.0. The summed E-state index contributed by atoms with van der Waals surface area (Å²) in [6, 6.07) is 16.9. The molecule has 2 aliphatic rings. The van der Waals surface area contributed by atoms with Gasteiger partial charge >= 0.3 is 0 Å². The average molecular weight is 456 g/mol. The topological polar surface area (TPSA) is 69.7 Å². The zero-order valence-corrected chi connectivity index (χ0v) is 19.6. The van der Waals surface area contributed by atoms with Gasteiger partial charge in [0.15, 0.2) is 0 Å². The summed E-state index contributed by atoms with van der Waals surface area (Å²) >= 11 is 0. The molecule has 0 aromatic heterocycles. The van der Waals surface area contributed by atoms with Gasteiger partial charge in [-0.05, 0) is 61.4 Å². The Balaban J connectivity index is 1.32. The van der Waals surface area contributed by atoms with Crippen molar-refractivity contribution in [3.05, 3.63) is 60.2 Å². The summed E-state index contributed by atoms with van der Waals surface area (Å²) in [6.45, 7) is 5.64. The highest BCUT2D eigenvalue weighted by Gasteiger charge is 2.33. The molecule has 2 saturated heterocycles. The summed E-state index contributed by atoms with van der Waals surface area (Å²) in [7, 11) is -3.57. The molecule has 4 rings (SSSR count). The number of amides is 1. The second-order valence-electron chi connectivity index (χ2n) is 9.09. The third-order valence-electron chi connectivity index (χ3n) is 6.56. The molecule has 2 aromatic carbocycles. The Morgan fingerprint density at radius 2 is 1.69 bits per heavy atom. The van der Waals surface area contributed by atoms with Crippen LogP contribution in [0.5, 0.6) is 0 Å². The lowest BCUT2D eigenvalue weighted by atomic mass is 9.98. The van der Waals surface area contributed by atoms with Gasteiger partial charge in [0.1, 0.15) is 0 Å². The number of hydrogen-bond donors (Lipinski definition) is 1. The number of anilines is 1. The minimum atomic E-state index is -3.57. The van der Waals surface area contributed by atoms with E-state index < -0.39 is 10.0 Å². The van der Waals surface area contributed by atoms with Crippen molar-refractivity contribution < 1.29 is 13.2 Å². The number of hydrogen-bond acceptors (Lipinski definition) is 4. The maximum Gasteiger partial charge on any atom is 0.243 e. The van der Waals surface area contributed by atoms with Gasteiger partial charge in [-0.15, -0.1) is 0 Å². The largest absolute Gasteiger partial charge is 0.371 e. The van der Waals surface area contributed by atoms with Gasteiger partial charge < -0.3 is 10.2 Å². The molecule has 2 fully saturated rings. The summed E-state index contributed by atoms with van der Waals surface area (Å²) in [5.41, 5.74) is 2.29. The van der Waals surface area contributed by atoms with E-state index in [2.05, 4.69) is 41.4 Å². The van der Waals surface area contributed by atoms with Crippen LogP contribution in [0.4, 0.5) is 5.69 Å². The molecule has 6 nitrogen and oxygen atoms in total. The normalized spacial score (nSPS) is 22.5. The molecule has 1 N–H and O–H groups in total. The molecule has 2 aliphatic heterocycles. The molecule has 2 atom stereocenters. The van der Waals surface area contributed by atoms with E-state index in [4.69, 9.17) is 0 Å². The van der Waals surface area contributed by atoms with Gasteiger partial charge in [0.25, 0.3) is 0 Å². The van der Waals surface area contributed by atoms with E-state index in [0.29, 0.717) is 25.9 Å². The number of piperidine rings is 2. The highest BCUT2D eigenvalue weighted by molar-refractivity contribution is 7.89. The van der Waals surface area contributed by atoms with Gasteiger partial charge in [-0.2, -0.15) is 4.31 Å². The lowest BCUT2D eigenvalue weighted by Crippen LogP contribution is -2.45. The monoisotopic (exact) mass is 455 g/mol. The van der Waals surface area contributed by atoms with Crippen LogP contribution in [0.2, 0.25) is 0 Å². The molecule has 1 amide bonds. The van der Waals surface area contributed by atoms with E-state index in [1.165, 1.54) is 22.8 Å². The van der Waals surface area contributed by atoms with Crippen molar-refractivity contribution >= 4 is 21.6 Å². The molecule has 0 saturated carbocycles. The zero-order chi connectivity index (χ0) is 22.6. The van der Waals surface area contributed by atoms with E-state index >= 15 is 0 Å². The Morgan fingerprint density at radius 1 is 0.969 bits per heavy atom. The fourth-order valence-electron chi connectivity index (χ4n) is 4.70. The van der Waals surface area contributed by atoms with Crippen molar-refractivity contribution in [2.45, 2.75) is 44.0 Å². The van der Waals surface area contributed by atoms with Crippen LogP contribution in [-0.4, -0.2) is 44.8 Å². The van der Waals surface area contributed by atoms with Crippen LogP contribution >= 0.6 is 0 Å². The van der Waals surface area contributed by atoms with Crippen molar-refractivity contribution in [2.24, 2.45) is 11.8 Å². The standard InChI is InChI=1S/C25H33N3O3S/c1-20-7-5-15-27(18-20)23-13-11-21(12-14-23)17-26-25(29)22-8-6-16-28(19-22)32(30,31)24-9-3-2-4-10-24/h2-4,9-14,20,22H,5-8,15-19H2,1H3,(H,26,29)/t20-,22-/m0/s1. The first-order chi connectivity index (χ1) is 15.4. The summed E-state index contributed by atoms with van der Waals surface area (Å²) in [4.78, 5) is 15.5. The van der Waals surface area contributed by atoms with Gasteiger partial charge in [0, 0.05) is 38.4 Å². The molecule has 172 valence electrons. The fraction of sp³-hybridized carbons (Fsp3) is 0.480. The van der Waals surface area contributed by atoms with Crippen molar-refractivity contribution in [1.29, 1.82) is 0 Å². The lowest BCUT2D eigenvalue weighted by Gasteiger charge is -2.33. The number of carbonyl (C=O) groups excluding carboxylic acids is 1. The maximum atomic E-state index is 12.9. The van der Waals surface area contributed by atoms with Crippen molar-refractivity contribution in [2.75, 3.05) is 31.1 Å². The number of rotatable bonds is 6. The van der Waals surface area contributed by atoms with Crippen LogP contribution in [0.1, 0.15) is 38.2 Å². The molecule has 0 unspecified atom stereocenters. The first-order valence-electron chi connectivity index (χ1n) is 11.6. The molecule has 0 spiro atoms. The fourth-order valence-corrected chi connectivity index (χ4v) is 6.24. The Labute approximate surface area is 191 Å². The summed E-state index contributed by atoms with van der Waals surface area (Å²) in [5, 5.41) is 3.01. The maximum absolute atomic E-state index is 12.9. The predicted molar refractivity (Wildman–Crippen MR) is 127 cm³/mol. The third kappa shape index (κ3) is 5.33. The first-order valence-corrected chi connectivity index (χ1v) is 13.0. The molecule has 2 heterocycles. The highest BCUT2D eigenvalue weighted by Crippen LogP contribution is 2.25. The van der Waals surface area contributed by atoms with Crippen LogP contribution < -0.4 is 10.2 Å². The van der Waals surface area contributed by atoms with Gasteiger partial charge in [0.2, 0.25) is 15.9 Å². The molecule has 2 aromatic rings. The molecule has 32 heavy (non-hydrogen) atoms. The smallest absolute Gasteiger partial charge is 0.243 e. The van der Waals surface area contributed by atoms with Crippen LogP contribution in [0.15, 0.2) is 59.5 Å². The third-order valence-corrected chi connectivity index (χ3v) is 8.44. The van der Waals surface area contributed by atoms with Crippen molar-refractivity contribution in [3.8, 4) is 0 Å². The number of sulfonamides is 1. The van der Waals surface area contributed by atoms with Gasteiger partial charge in [-0.1, -0.05) is 37.3 Å². The van der Waals surface area contributed by atoms with Crippen molar-refractivity contribution in [1.82, 2.24) is 9.62 Å². The van der Waals surface area contributed by atoms with E-state index in [0.717, 1.165) is 24.6 Å². The molecule has 7 heteroatoms. The average Bonchev–Trinajstić information content (AvgIpc) is 2.83. The lowest BCUT2D eigenvalue weighted by molar-refractivity contribution is -0.126. The predicted octanol–water partition coefficient (Wildman–Crippen LogP) is 3.64. The van der Waals surface area contributed by atoms with Crippen molar-refractivity contribution in [3.63, 3.8) is 0 Å². The molecular formula is C25H33N3O3S.